The minimum absolute atomic E-state index is 0.211. The Balaban J connectivity index is 1.80. The first-order chi connectivity index (χ1) is 11.6. The van der Waals surface area contributed by atoms with Crippen LogP contribution in [-0.4, -0.2) is 16.7 Å². The van der Waals surface area contributed by atoms with Crippen molar-refractivity contribution in [2.24, 2.45) is 5.10 Å². The number of thiophene rings is 1. The van der Waals surface area contributed by atoms with E-state index in [1.54, 1.807) is 17.6 Å². The van der Waals surface area contributed by atoms with Crippen LogP contribution in [-0.2, 0) is 0 Å². The van der Waals surface area contributed by atoms with Gasteiger partial charge in [0.2, 0.25) is 0 Å². The van der Waals surface area contributed by atoms with E-state index in [9.17, 15) is 4.79 Å². The summed E-state index contributed by atoms with van der Waals surface area (Å²) in [7, 11) is 0. The summed E-state index contributed by atoms with van der Waals surface area (Å²) in [6, 6.07) is 13.8. The molecule has 0 radical (unpaired) electrons. The zero-order valence-corrected chi connectivity index (χ0v) is 15.7. The highest BCUT2D eigenvalue weighted by molar-refractivity contribution is 9.10. The number of hydrogen-bond acceptors (Lipinski definition) is 3. The number of carbonyl (C=O) groups excluding carboxylic acids is 1. The molecule has 0 aliphatic heterocycles. The van der Waals surface area contributed by atoms with Crippen molar-refractivity contribution >= 4 is 39.4 Å². The Labute approximate surface area is 153 Å². The van der Waals surface area contributed by atoms with Crippen molar-refractivity contribution in [2.45, 2.75) is 13.8 Å². The van der Waals surface area contributed by atoms with Gasteiger partial charge < -0.3 is 4.57 Å². The van der Waals surface area contributed by atoms with Gasteiger partial charge in [-0.2, -0.15) is 5.10 Å². The summed E-state index contributed by atoms with van der Waals surface area (Å²) in [6.07, 6.45) is 1.64. The number of benzene rings is 1. The molecule has 3 rings (SSSR count). The van der Waals surface area contributed by atoms with Gasteiger partial charge in [-0.3, -0.25) is 4.79 Å². The van der Waals surface area contributed by atoms with Gasteiger partial charge in [0.25, 0.3) is 5.91 Å². The number of hydrogen-bond donors (Lipinski definition) is 1. The molecule has 1 N–H and O–H groups in total. The van der Waals surface area contributed by atoms with Crippen LogP contribution in [0.1, 0.15) is 26.6 Å². The van der Waals surface area contributed by atoms with Crippen LogP contribution < -0.4 is 5.43 Å². The SMILES string of the molecule is Cc1cc(C(=O)N/N=C/c2cc(Br)cs2)c(C)n1-c1ccccc1. The Morgan fingerprint density at radius 3 is 2.67 bits per heavy atom. The number of rotatable bonds is 4. The van der Waals surface area contributed by atoms with Crippen LogP contribution >= 0.6 is 27.3 Å². The lowest BCUT2D eigenvalue weighted by Crippen LogP contribution is -2.18. The van der Waals surface area contributed by atoms with E-state index in [0.29, 0.717) is 5.56 Å². The van der Waals surface area contributed by atoms with Gasteiger partial charge in [0, 0.05) is 31.8 Å². The molecule has 0 aliphatic carbocycles. The smallest absolute Gasteiger partial charge is 0.273 e. The lowest BCUT2D eigenvalue weighted by molar-refractivity contribution is 0.0954. The highest BCUT2D eigenvalue weighted by Gasteiger charge is 2.16. The van der Waals surface area contributed by atoms with E-state index in [4.69, 9.17) is 0 Å². The molecule has 2 heterocycles. The van der Waals surface area contributed by atoms with Crippen molar-refractivity contribution < 1.29 is 4.79 Å². The number of nitrogens with one attached hydrogen (secondary N) is 1. The molecule has 1 aromatic carbocycles. The van der Waals surface area contributed by atoms with Gasteiger partial charge in [0.15, 0.2) is 0 Å². The first-order valence-corrected chi connectivity index (χ1v) is 9.05. The normalized spacial score (nSPS) is 11.1. The van der Waals surface area contributed by atoms with Crippen molar-refractivity contribution in [3.05, 3.63) is 74.1 Å². The second-order valence-corrected chi connectivity index (χ2v) is 7.18. The summed E-state index contributed by atoms with van der Waals surface area (Å²) in [5.74, 6) is -0.211. The van der Waals surface area contributed by atoms with E-state index < -0.39 is 0 Å². The second kappa shape index (κ2) is 7.15. The van der Waals surface area contributed by atoms with Gasteiger partial charge in [-0.1, -0.05) is 18.2 Å². The summed E-state index contributed by atoms with van der Waals surface area (Å²) in [5.41, 5.74) is 6.17. The van der Waals surface area contributed by atoms with Crippen LogP contribution in [0.4, 0.5) is 0 Å². The number of aromatic nitrogens is 1. The Morgan fingerprint density at radius 2 is 2.00 bits per heavy atom. The molecular weight excluding hydrogens is 386 g/mol. The Bertz CT molecular complexity index is 896. The fourth-order valence-corrected chi connectivity index (χ4v) is 3.88. The number of halogens is 1. The number of aryl methyl sites for hydroxylation is 1. The maximum absolute atomic E-state index is 12.4. The molecule has 3 aromatic rings. The van der Waals surface area contributed by atoms with Crippen LogP contribution in [0.3, 0.4) is 0 Å². The average Bonchev–Trinajstić information content (AvgIpc) is 3.11. The molecule has 0 aliphatic rings. The highest BCUT2D eigenvalue weighted by Crippen LogP contribution is 2.21. The Hall–Kier alpha value is -2.18. The minimum Gasteiger partial charge on any atom is -0.318 e. The zero-order valence-electron chi connectivity index (χ0n) is 13.3. The molecule has 1 amide bonds. The fraction of sp³-hybridized carbons (Fsp3) is 0.111. The third kappa shape index (κ3) is 3.49. The Morgan fingerprint density at radius 1 is 1.25 bits per heavy atom. The van der Waals surface area contributed by atoms with E-state index >= 15 is 0 Å². The number of carbonyl (C=O) groups is 1. The molecule has 6 heteroatoms. The predicted molar refractivity (Wildman–Crippen MR) is 102 cm³/mol. The van der Waals surface area contributed by atoms with Gasteiger partial charge >= 0.3 is 0 Å². The van der Waals surface area contributed by atoms with Crippen molar-refractivity contribution in [2.75, 3.05) is 0 Å². The molecule has 4 nitrogen and oxygen atoms in total. The molecule has 0 saturated carbocycles. The van der Waals surface area contributed by atoms with Crippen LogP contribution in [0.25, 0.3) is 5.69 Å². The number of hydrazone groups is 1. The summed E-state index contributed by atoms with van der Waals surface area (Å²) in [6.45, 7) is 3.93. The number of amides is 1. The zero-order chi connectivity index (χ0) is 17.1. The van der Waals surface area contributed by atoms with Crippen molar-refractivity contribution in [3.63, 3.8) is 0 Å². The van der Waals surface area contributed by atoms with E-state index in [1.165, 1.54) is 0 Å². The van der Waals surface area contributed by atoms with Crippen molar-refractivity contribution in [1.82, 2.24) is 9.99 Å². The summed E-state index contributed by atoms with van der Waals surface area (Å²) in [4.78, 5) is 13.4. The molecule has 0 saturated heterocycles. The third-order valence-electron chi connectivity index (χ3n) is 3.64. The maximum atomic E-state index is 12.4. The fourth-order valence-electron chi connectivity index (χ4n) is 2.58. The van der Waals surface area contributed by atoms with E-state index in [-0.39, 0.29) is 5.91 Å². The summed E-state index contributed by atoms with van der Waals surface area (Å²) in [5, 5.41) is 6.01. The molecule has 0 atom stereocenters. The molecule has 0 spiro atoms. The molecule has 0 fully saturated rings. The number of para-hydroxylation sites is 1. The van der Waals surface area contributed by atoms with Crippen LogP contribution in [0.5, 0.6) is 0 Å². The molecule has 2 aromatic heterocycles. The van der Waals surface area contributed by atoms with Crippen LogP contribution in [0.15, 0.2) is 57.4 Å². The monoisotopic (exact) mass is 401 g/mol. The first-order valence-electron chi connectivity index (χ1n) is 7.38. The van der Waals surface area contributed by atoms with Crippen molar-refractivity contribution in [1.29, 1.82) is 0 Å². The van der Waals surface area contributed by atoms with Crippen LogP contribution in [0, 0.1) is 13.8 Å². The molecule has 122 valence electrons. The highest BCUT2D eigenvalue weighted by atomic mass is 79.9. The number of nitrogens with zero attached hydrogens (tertiary/aromatic N) is 2. The molecule has 0 bridgehead atoms. The van der Waals surface area contributed by atoms with Gasteiger partial charge in [-0.25, -0.2) is 5.43 Å². The van der Waals surface area contributed by atoms with Gasteiger partial charge in [0.05, 0.1) is 11.8 Å². The van der Waals surface area contributed by atoms with E-state index in [2.05, 4.69) is 31.0 Å². The van der Waals surface area contributed by atoms with E-state index in [1.807, 2.05) is 61.7 Å². The molecular formula is C18H16BrN3OS. The van der Waals surface area contributed by atoms with Crippen LogP contribution in [0.2, 0.25) is 0 Å². The maximum Gasteiger partial charge on any atom is 0.273 e. The lowest BCUT2D eigenvalue weighted by atomic mass is 10.2. The van der Waals surface area contributed by atoms with Gasteiger partial charge in [-0.15, -0.1) is 11.3 Å². The third-order valence-corrected chi connectivity index (χ3v) is 5.26. The standard InChI is InChI=1S/C18H16BrN3OS/c1-12-8-17(13(2)22(12)15-6-4-3-5-7-15)18(23)21-20-10-16-9-14(19)11-24-16/h3-11H,1-2H3,(H,21,23)/b20-10+. The van der Waals surface area contributed by atoms with Gasteiger partial charge in [0.1, 0.15) is 0 Å². The summed E-state index contributed by atoms with van der Waals surface area (Å²) >= 11 is 4.94. The minimum atomic E-state index is -0.211. The van der Waals surface area contributed by atoms with Crippen molar-refractivity contribution in [3.8, 4) is 5.69 Å². The average molecular weight is 402 g/mol. The van der Waals surface area contributed by atoms with E-state index in [0.717, 1.165) is 26.4 Å². The predicted octanol–water partition coefficient (Wildman–Crippen LogP) is 4.68. The Kier molecular flexibility index (Phi) is 4.97. The second-order valence-electron chi connectivity index (χ2n) is 5.32. The largest absolute Gasteiger partial charge is 0.318 e. The lowest BCUT2D eigenvalue weighted by Gasteiger charge is -2.09. The quantitative estimate of drug-likeness (QED) is 0.500. The summed E-state index contributed by atoms with van der Waals surface area (Å²) < 4.78 is 3.07. The first kappa shape index (κ1) is 16.7. The topological polar surface area (TPSA) is 46.4 Å². The molecule has 24 heavy (non-hydrogen) atoms. The molecule has 0 unspecified atom stereocenters. The van der Waals surface area contributed by atoms with Gasteiger partial charge in [-0.05, 0) is 54.0 Å².